The Morgan fingerprint density at radius 1 is 1.17 bits per heavy atom. The maximum Gasteiger partial charge on any atom is 0.283 e. The molecule has 0 saturated carbocycles. The van der Waals surface area contributed by atoms with Crippen molar-refractivity contribution in [3.8, 4) is 0 Å². The summed E-state index contributed by atoms with van der Waals surface area (Å²) in [4.78, 5) is 12.9. The van der Waals surface area contributed by atoms with E-state index in [1.807, 2.05) is 37.3 Å². The number of hydrogen-bond acceptors (Lipinski definition) is 5. The molecule has 0 N–H and O–H groups in total. The van der Waals surface area contributed by atoms with E-state index in [-0.39, 0.29) is 10.6 Å². The minimum absolute atomic E-state index is 0.150. The first-order valence-electron chi connectivity index (χ1n) is 7.92. The second kappa shape index (κ2) is 5.88. The second-order valence-corrected chi connectivity index (χ2v) is 7.14. The van der Waals surface area contributed by atoms with Gasteiger partial charge in [0.25, 0.3) is 5.69 Å². The summed E-state index contributed by atoms with van der Waals surface area (Å²) in [6.07, 6.45) is 1.46. The van der Waals surface area contributed by atoms with Gasteiger partial charge in [0, 0.05) is 22.9 Å². The van der Waals surface area contributed by atoms with Gasteiger partial charge < -0.3 is 9.47 Å². The van der Waals surface area contributed by atoms with E-state index in [4.69, 9.17) is 9.47 Å². The Hall–Kier alpha value is -1.89. The van der Waals surface area contributed by atoms with Crippen molar-refractivity contribution in [1.29, 1.82) is 0 Å². The SMILES string of the molecule is Cc1ccccc1Sc1cc2c(cc1[N+](=O)[O-])CCC21OCCO1. The Balaban J connectivity index is 1.81. The van der Waals surface area contributed by atoms with Crippen molar-refractivity contribution in [2.24, 2.45) is 0 Å². The zero-order chi connectivity index (χ0) is 16.7. The minimum atomic E-state index is -0.703. The van der Waals surface area contributed by atoms with Crippen molar-refractivity contribution in [2.45, 2.75) is 35.3 Å². The molecule has 0 atom stereocenters. The summed E-state index contributed by atoms with van der Waals surface area (Å²) >= 11 is 1.42. The fraction of sp³-hybridized carbons (Fsp3) is 0.333. The van der Waals surface area contributed by atoms with Crippen molar-refractivity contribution in [2.75, 3.05) is 13.2 Å². The number of aryl methyl sites for hydroxylation is 2. The highest BCUT2D eigenvalue weighted by Crippen LogP contribution is 2.48. The lowest BCUT2D eigenvalue weighted by Crippen LogP contribution is -2.23. The molecule has 124 valence electrons. The Kier molecular flexibility index (Phi) is 3.83. The molecule has 4 rings (SSSR count). The van der Waals surface area contributed by atoms with Gasteiger partial charge in [0.05, 0.1) is 23.0 Å². The minimum Gasteiger partial charge on any atom is -0.343 e. The zero-order valence-corrected chi connectivity index (χ0v) is 14.1. The van der Waals surface area contributed by atoms with Crippen LogP contribution in [-0.2, 0) is 21.7 Å². The quantitative estimate of drug-likeness (QED) is 0.617. The van der Waals surface area contributed by atoms with E-state index < -0.39 is 5.79 Å². The summed E-state index contributed by atoms with van der Waals surface area (Å²) in [7, 11) is 0. The molecule has 1 aliphatic carbocycles. The normalized spacial score (nSPS) is 18.0. The Labute approximate surface area is 144 Å². The standard InChI is InChI=1S/C18H17NO4S/c1-12-4-2-3-5-16(12)24-17-11-14-13(10-15(17)19(20)21)6-7-18(14)22-8-9-23-18/h2-5,10-11H,6-9H2,1H3. The fourth-order valence-corrected chi connectivity index (χ4v) is 4.40. The predicted octanol–water partition coefficient (Wildman–Crippen LogP) is 4.20. The number of nitro benzene ring substituents is 1. The van der Waals surface area contributed by atoms with Gasteiger partial charge in [-0.25, -0.2) is 0 Å². The molecule has 5 nitrogen and oxygen atoms in total. The van der Waals surface area contributed by atoms with Crippen molar-refractivity contribution < 1.29 is 14.4 Å². The van der Waals surface area contributed by atoms with Crippen LogP contribution in [-0.4, -0.2) is 18.1 Å². The van der Waals surface area contributed by atoms with Crippen LogP contribution in [0.3, 0.4) is 0 Å². The number of fused-ring (bicyclic) bond motifs is 2. The van der Waals surface area contributed by atoms with Crippen LogP contribution in [0.25, 0.3) is 0 Å². The van der Waals surface area contributed by atoms with Crippen LogP contribution in [0.1, 0.15) is 23.1 Å². The maximum absolute atomic E-state index is 11.5. The van der Waals surface area contributed by atoms with E-state index in [2.05, 4.69) is 0 Å². The highest BCUT2D eigenvalue weighted by atomic mass is 32.2. The molecule has 2 aromatic carbocycles. The number of nitro groups is 1. The molecule has 0 radical (unpaired) electrons. The molecule has 6 heteroatoms. The number of nitrogens with zero attached hydrogens (tertiary/aromatic N) is 1. The first kappa shape index (κ1) is 15.6. The molecule has 0 unspecified atom stereocenters. The van der Waals surface area contributed by atoms with Gasteiger partial charge >= 0.3 is 0 Å². The molecule has 0 aromatic heterocycles. The molecule has 1 fully saturated rings. The van der Waals surface area contributed by atoms with Crippen LogP contribution in [0.2, 0.25) is 0 Å². The van der Waals surface area contributed by atoms with E-state index >= 15 is 0 Å². The van der Waals surface area contributed by atoms with Gasteiger partial charge in [-0.15, -0.1) is 0 Å². The van der Waals surface area contributed by atoms with Crippen molar-refractivity contribution in [1.82, 2.24) is 0 Å². The molecular weight excluding hydrogens is 326 g/mol. The second-order valence-electron chi connectivity index (χ2n) is 6.05. The van der Waals surface area contributed by atoms with Gasteiger partial charge in [0.2, 0.25) is 0 Å². The third-order valence-electron chi connectivity index (χ3n) is 4.58. The van der Waals surface area contributed by atoms with E-state index in [1.54, 1.807) is 6.07 Å². The van der Waals surface area contributed by atoms with Gasteiger partial charge in [-0.05, 0) is 36.6 Å². The van der Waals surface area contributed by atoms with Crippen LogP contribution in [0, 0.1) is 17.0 Å². The van der Waals surface area contributed by atoms with Crippen molar-refractivity contribution >= 4 is 17.4 Å². The van der Waals surface area contributed by atoms with E-state index in [0.29, 0.717) is 18.1 Å². The molecule has 1 saturated heterocycles. The zero-order valence-electron chi connectivity index (χ0n) is 13.3. The molecule has 2 aromatic rings. The summed E-state index contributed by atoms with van der Waals surface area (Å²) in [5.41, 5.74) is 3.15. The van der Waals surface area contributed by atoms with Crippen LogP contribution < -0.4 is 0 Å². The lowest BCUT2D eigenvalue weighted by molar-refractivity contribution is -0.387. The lowest BCUT2D eigenvalue weighted by atomic mass is 10.1. The van der Waals surface area contributed by atoms with Crippen molar-refractivity contribution in [3.05, 3.63) is 63.2 Å². The maximum atomic E-state index is 11.5. The van der Waals surface area contributed by atoms with Crippen LogP contribution in [0.4, 0.5) is 5.69 Å². The van der Waals surface area contributed by atoms with Gasteiger partial charge in [0.15, 0.2) is 5.79 Å². The highest BCUT2D eigenvalue weighted by molar-refractivity contribution is 7.99. The lowest BCUT2D eigenvalue weighted by Gasteiger charge is -2.23. The first-order valence-corrected chi connectivity index (χ1v) is 8.74. The van der Waals surface area contributed by atoms with Crippen LogP contribution in [0.5, 0.6) is 0 Å². The Bertz CT molecular complexity index is 815. The molecule has 1 aliphatic heterocycles. The summed E-state index contributed by atoms with van der Waals surface area (Å²) in [6.45, 7) is 3.14. The smallest absolute Gasteiger partial charge is 0.283 e. The predicted molar refractivity (Wildman–Crippen MR) is 90.3 cm³/mol. The Morgan fingerprint density at radius 3 is 2.62 bits per heavy atom. The largest absolute Gasteiger partial charge is 0.343 e. The van der Waals surface area contributed by atoms with Crippen LogP contribution >= 0.6 is 11.8 Å². The number of hydrogen-bond donors (Lipinski definition) is 0. The van der Waals surface area contributed by atoms with Gasteiger partial charge in [0.1, 0.15) is 0 Å². The average molecular weight is 343 g/mol. The van der Waals surface area contributed by atoms with Gasteiger partial charge in [-0.2, -0.15) is 0 Å². The van der Waals surface area contributed by atoms with Gasteiger partial charge in [-0.3, -0.25) is 10.1 Å². The molecule has 1 spiro atoms. The van der Waals surface area contributed by atoms with Crippen LogP contribution in [0.15, 0.2) is 46.2 Å². The molecule has 1 heterocycles. The number of rotatable bonds is 3. The fourth-order valence-electron chi connectivity index (χ4n) is 3.38. The summed E-state index contributed by atoms with van der Waals surface area (Å²) in [5.74, 6) is -0.703. The molecular formula is C18H17NO4S. The molecule has 0 bridgehead atoms. The van der Waals surface area contributed by atoms with Gasteiger partial charge in [-0.1, -0.05) is 30.0 Å². The highest BCUT2D eigenvalue weighted by Gasteiger charge is 2.45. The molecule has 24 heavy (non-hydrogen) atoms. The van der Waals surface area contributed by atoms with E-state index in [1.165, 1.54) is 11.8 Å². The molecule has 2 aliphatic rings. The van der Waals surface area contributed by atoms with Crippen molar-refractivity contribution in [3.63, 3.8) is 0 Å². The third kappa shape index (κ3) is 2.51. The first-order chi connectivity index (χ1) is 11.6. The van der Waals surface area contributed by atoms with E-state index in [9.17, 15) is 10.1 Å². The molecule has 0 amide bonds. The third-order valence-corrected chi connectivity index (χ3v) is 5.81. The average Bonchev–Trinajstić information content (AvgIpc) is 3.18. The number of benzene rings is 2. The van der Waals surface area contributed by atoms with E-state index in [0.717, 1.165) is 34.4 Å². The summed E-state index contributed by atoms with van der Waals surface area (Å²) in [6, 6.07) is 11.5. The monoisotopic (exact) mass is 343 g/mol. The topological polar surface area (TPSA) is 61.6 Å². The Morgan fingerprint density at radius 2 is 1.92 bits per heavy atom. The number of ether oxygens (including phenoxy) is 2. The summed E-state index contributed by atoms with van der Waals surface area (Å²) < 4.78 is 11.7. The summed E-state index contributed by atoms with van der Waals surface area (Å²) in [5, 5.41) is 11.5.